The number of thiazole rings is 1. The van der Waals surface area contributed by atoms with E-state index in [1.54, 1.807) is 7.11 Å². The van der Waals surface area contributed by atoms with E-state index < -0.39 is 0 Å². The molecule has 2 aromatic carbocycles. The third-order valence-corrected chi connectivity index (χ3v) is 6.91. The highest BCUT2D eigenvalue weighted by molar-refractivity contribution is 7.99. The van der Waals surface area contributed by atoms with E-state index in [0.29, 0.717) is 34.3 Å². The summed E-state index contributed by atoms with van der Waals surface area (Å²) in [5.41, 5.74) is 2.85. The quantitative estimate of drug-likeness (QED) is 0.255. The Morgan fingerprint density at radius 1 is 1.25 bits per heavy atom. The first-order valence-corrected chi connectivity index (χ1v) is 12.2. The number of thioether (sulfide) groups is 1. The van der Waals surface area contributed by atoms with Gasteiger partial charge in [-0.15, -0.1) is 10.2 Å². The van der Waals surface area contributed by atoms with E-state index in [-0.39, 0.29) is 11.7 Å². The molecule has 4 rings (SSSR count). The molecule has 0 radical (unpaired) electrons. The highest BCUT2D eigenvalue weighted by Crippen LogP contribution is 2.30. The zero-order valence-electron chi connectivity index (χ0n) is 17.7. The fourth-order valence-electron chi connectivity index (χ4n) is 3.18. The van der Waals surface area contributed by atoms with Gasteiger partial charge in [-0.1, -0.05) is 52.9 Å². The van der Waals surface area contributed by atoms with Gasteiger partial charge in [0, 0.05) is 25.8 Å². The number of halogens is 1. The lowest BCUT2D eigenvalue weighted by atomic mass is 10.2. The van der Waals surface area contributed by atoms with Gasteiger partial charge in [0.1, 0.15) is 0 Å². The molecule has 10 heteroatoms. The molecular weight excluding hydrogens is 466 g/mol. The maximum absolute atomic E-state index is 12.6. The van der Waals surface area contributed by atoms with E-state index in [1.165, 1.54) is 23.1 Å². The van der Waals surface area contributed by atoms with Crippen LogP contribution in [0.15, 0.2) is 47.6 Å². The van der Waals surface area contributed by atoms with Crippen LogP contribution in [0.25, 0.3) is 21.6 Å². The van der Waals surface area contributed by atoms with Crippen LogP contribution >= 0.6 is 34.7 Å². The molecule has 0 bridgehead atoms. The first-order valence-electron chi connectivity index (χ1n) is 10.0. The van der Waals surface area contributed by atoms with Gasteiger partial charge in [-0.3, -0.25) is 4.79 Å². The second kappa shape index (κ2) is 10.4. The number of carbonyl (C=O) groups is 1. The van der Waals surface area contributed by atoms with Crippen molar-refractivity contribution >= 4 is 56.0 Å². The maximum Gasteiger partial charge on any atom is 0.236 e. The summed E-state index contributed by atoms with van der Waals surface area (Å²) in [7, 11) is 1.67. The Bertz CT molecular complexity index is 1240. The number of anilines is 1. The third kappa shape index (κ3) is 5.29. The molecular formula is C22H22ClN5O2S2. The molecule has 0 fully saturated rings. The van der Waals surface area contributed by atoms with Gasteiger partial charge in [-0.05, 0) is 43.2 Å². The van der Waals surface area contributed by atoms with E-state index >= 15 is 0 Å². The minimum atomic E-state index is -0.142. The maximum atomic E-state index is 12.6. The molecule has 166 valence electrons. The summed E-state index contributed by atoms with van der Waals surface area (Å²) in [6.07, 6.45) is 0.789. The normalized spacial score (nSPS) is 11.2. The van der Waals surface area contributed by atoms with Crippen molar-refractivity contribution in [2.24, 2.45) is 0 Å². The zero-order valence-corrected chi connectivity index (χ0v) is 20.1. The Morgan fingerprint density at radius 2 is 2.09 bits per heavy atom. The molecule has 32 heavy (non-hydrogen) atoms. The molecule has 7 nitrogen and oxygen atoms in total. The van der Waals surface area contributed by atoms with Crippen molar-refractivity contribution in [3.05, 3.63) is 53.1 Å². The van der Waals surface area contributed by atoms with Crippen molar-refractivity contribution in [3.8, 4) is 11.4 Å². The van der Waals surface area contributed by atoms with Gasteiger partial charge < -0.3 is 14.6 Å². The van der Waals surface area contributed by atoms with Gasteiger partial charge in [0.25, 0.3) is 0 Å². The van der Waals surface area contributed by atoms with Crippen LogP contribution < -0.4 is 5.32 Å². The number of methoxy groups -OCH3 is 1. The minimum Gasteiger partial charge on any atom is -0.385 e. The Hall–Kier alpha value is -2.46. The van der Waals surface area contributed by atoms with Crippen LogP contribution in [-0.2, 0) is 16.1 Å². The van der Waals surface area contributed by atoms with E-state index in [4.69, 9.17) is 16.3 Å². The first-order chi connectivity index (χ1) is 15.5. The van der Waals surface area contributed by atoms with E-state index in [9.17, 15) is 4.79 Å². The summed E-state index contributed by atoms with van der Waals surface area (Å²) in [5.74, 6) is 0.729. The lowest BCUT2D eigenvalue weighted by Gasteiger charge is -2.10. The van der Waals surface area contributed by atoms with Crippen molar-refractivity contribution in [1.29, 1.82) is 0 Å². The predicted octanol–water partition coefficient (Wildman–Crippen LogP) is 5.28. The molecule has 0 saturated heterocycles. The Balaban J connectivity index is 1.47. The van der Waals surface area contributed by atoms with Gasteiger partial charge in [0.2, 0.25) is 5.91 Å². The van der Waals surface area contributed by atoms with Crippen LogP contribution in [0.3, 0.4) is 0 Å². The minimum absolute atomic E-state index is 0.142. The molecule has 4 aromatic rings. The Kier molecular flexibility index (Phi) is 7.41. The number of aromatic nitrogens is 4. The molecule has 2 heterocycles. The van der Waals surface area contributed by atoms with Gasteiger partial charge in [-0.2, -0.15) is 0 Å². The number of ether oxygens (including phenoxy) is 1. The van der Waals surface area contributed by atoms with Gasteiger partial charge in [-0.25, -0.2) is 4.98 Å². The van der Waals surface area contributed by atoms with Crippen LogP contribution in [0.4, 0.5) is 5.13 Å². The molecule has 0 aliphatic carbocycles. The van der Waals surface area contributed by atoms with Gasteiger partial charge in [0.15, 0.2) is 16.1 Å². The SMILES string of the molecule is COCCCn1c(SCC(=O)Nc2nc3ccc(C)cc3s2)nnc1-c1ccccc1Cl. The predicted molar refractivity (Wildman–Crippen MR) is 131 cm³/mol. The summed E-state index contributed by atoms with van der Waals surface area (Å²) in [5, 5.41) is 13.4. The molecule has 0 spiro atoms. The second-order valence-electron chi connectivity index (χ2n) is 7.11. The van der Waals surface area contributed by atoms with Crippen LogP contribution in [0.5, 0.6) is 0 Å². The number of aryl methyl sites for hydroxylation is 1. The molecule has 0 unspecified atom stereocenters. The van der Waals surface area contributed by atoms with Crippen molar-refractivity contribution < 1.29 is 9.53 Å². The number of benzene rings is 2. The van der Waals surface area contributed by atoms with E-state index in [1.807, 2.05) is 47.9 Å². The Morgan fingerprint density at radius 3 is 2.91 bits per heavy atom. The lowest BCUT2D eigenvalue weighted by molar-refractivity contribution is -0.113. The van der Waals surface area contributed by atoms with E-state index in [0.717, 1.165) is 27.8 Å². The molecule has 1 amide bonds. The average molecular weight is 488 g/mol. The number of fused-ring (bicyclic) bond motifs is 1. The fourth-order valence-corrected chi connectivity index (χ4v) is 5.14. The van der Waals surface area contributed by atoms with E-state index in [2.05, 4.69) is 26.6 Å². The smallest absolute Gasteiger partial charge is 0.236 e. The third-order valence-electron chi connectivity index (χ3n) is 4.68. The number of carbonyl (C=O) groups excluding carboxylic acids is 1. The van der Waals surface area contributed by atoms with Crippen LogP contribution in [0, 0.1) is 6.92 Å². The average Bonchev–Trinajstić information content (AvgIpc) is 3.35. The second-order valence-corrected chi connectivity index (χ2v) is 9.49. The number of nitrogens with one attached hydrogen (secondary N) is 1. The van der Waals surface area contributed by atoms with Crippen molar-refractivity contribution in [1.82, 2.24) is 19.7 Å². The van der Waals surface area contributed by atoms with Crippen LogP contribution in [-0.4, -0.2) is 45.1 Å². The molecule has 2 aromatic heterocycles. The van der Waals surface area contributed by atoms with Gasteiger partial charge in [0.05, 0.1) is 21.0 Å². The fraction of sp³-hybridized carbons (Fsp3) is 0.273. The number of hydrogen-bond donors (Lipinski definition) is 1. The Labute approximate surface area is 199 Å². The first kappa shape index (κ1) is 22.7. The molecule has 0 saturated carbocycles. The highest BCUT2D eigenvalue weighted by Gasteiger charge is 2.18. The summed E-state index contributed by atoms with van der Waals surface area (Å²) < 4.78 is 8.23. The summed E-state index contributed by atoms with van der Waals surface area (Å²) in [4.78, 5) is 17.1. The largest absolute Gasteiger partial charge is 0.385 e. The number of amides is 1. The van der Waals surface area contributed by atoms with Crippen LogP contribution in [0.1, 0.15) is 12.0 Å². The summed E-state index contributed by atoms with van der Waals surface area (Å²) in [6, 6.07) is 13.6. The van der Waals surface area contributed by atoms with Crippen molar-refractivity contribution in [3.63, 3.8) is 0 Å². The number of nitrogens with zero attached hydrogens (tertiary/aromatic N) is 4. The summed E-state index contributed by atoms with van der Waals surface area (Å²) in [6.45, 7) is 3.30. The zero-order chi connectivity index (χ0) is 22.5. The highest BCUT2D eigenvalue weighted by atomic mass is 35.5. The van der Waals surface area contributed by atoms with Crippen molar-refractivity contribution in [2.75, 3.05) is 24.8 Å². The standard InChI is InChI=1S/C22H22ClN5O2S2/c1-14-8-9-17-18(12-14)32-21(24-17)25-19(29)13-31-22-27-26-20(28(22)10-5-11-30-2)15-6-3-4-7-16(15)23/h3-4,6-9,12H,5,10-11,13H2,1-2H3,(H,24,25,29). The lowest BCUT2D eigenvalue weighted by Crippen LogP contribution is -2.14. The number of rotatable bonds is 9. The van der Waals surface area contributed by atoms with Crippen molar-refractivity contribution in [2.45, 2.75) is 25.0 Å². The number of hydrogen-bond acceptors (Lipinski definition) is 7. The monoisotopic (exact) mass is 487 g/mol. The molecule has 0 aliphatic heterocycles. The molecule has 0 aliphatic rings. The topological polar surface area (TPSA) is 81.9 Å². The van der Waals surface area contributed by atoms with Crippen LogP contribution in [0.2, 0.25) is 5.02 Å². The summed E-state index contributed by atoms with van der Waals surface area (Å²) >= 11 is 9.18. The van der Waals surface area contributed by atoms with Gasteiger partial charge >= 0.3 is 0 Å². The molecule has 1 N–H and O–H groups in total. The molecule has 0 atom stereocenters.